The minimum atomic E-state index is -4.33. The summed E-state index contributed by atoms with van der Waals surface area (Å²) in [7, 11) is 0. The molecule has 9 heteroatoms. The number of fused-ring (bicyclic) bond motifs is 1. The first-order valence-electron chi connectivity index (χ1n) is 9.05. The van der Waals surface area contributed by atoms with E-state index in [1.165, 1.54) is 18.3 Å². The minimum Gasteiger partial charge on any atom is -0.364 e. The van der Waals surface area contributed by atoms with E-state index in [1.54, 1.807) is 24.7 Å². The lowest BCUT2D eigenvalue weighted by atomic mass is 10.1. The van der Waals surface area contributed by atoms with Gasteiger partial charge in [0.25, 0.3) is 0 Å². The van der Waals surface area contributed by atoms with Gasteiger partial charge in [-0.2, -0.15) is 13.2 Å². The Morgan fingerprint density at radius 1 is 0.966 bits per heavy atom. The molecule has 0 aliphatic carbocycles. The zero-order chi connectivity index (χ0) is 20.6. The first kappa shape index (κ1) is 19.6. The number of aromatic nitrogens is 3. The van der Waals surface area contributed by atoms with Crippen molar-refractivity contribution in [3.8, 4) is 11.4 Å². The van der Waals surface area contributed by atoms with Crippen LogP contribution >= 0.6 is 0 Å². The summed E-state index contributed by atoms with van der Waals surface area (Å²) in [6, 6.07) is 7.00. The van der Waals surface area contributed by atoms with E-state index in [0.29, 0.717) is 43.1 Å². The number of aliphatic hydroxyl groups excluding tert-OH is 1. The van der Waals surface area contributed by atoms with Crippen molar-refractivity contribution < 1.29 is 23.4 Å². The van der Waals surface area contributed by atoms with Crippen LogP contribution in [-0.4, -0.2) is 36.2 Å². The summed E-state index contributed by atoms with van der Waals surface area (Å²) in [4.78, 5) is 10.6. The van der Waals surface area contributed by atoms with Crippen molar-refractivity contribution >= 4 is 0 Å². The van der Waals surface area contributed by atoms with Crippen LogP contribution in [0.15, 0.2) is 49.1 Å². The van der Waals surface area contributed by atoms with E-state index < -0.39 is 18.0 Å². The monoisotopic (exact) mass is 404 g/mol. The van der Waals surface area contributed by atoms with Crippen molar-refractivity contribution in [3.05, 3.63) is 71.3 Å². The fourth-order valence-corrected chi connectivity index (χ4v) is 3.42. The van der Waals surface area contributed by atoms with Crippen LogP contribution < -0.4 is 0 Å². The van der Waals surface area contributed by atoms with Gasteiger partial charge in [0.1, 0.15) is 5.69 Å². The molecule has 2 N–H and O–H groups in total. The van der Waals surface area contributed by atoms with E-state index in [1.807, 2.05) is 4.57 Å². The van der Waals surface area contributed by atoms with Crippen LogP contribution in [0.25, 0.3) is 11.4 Å². The Morgan fingerprint density at radius 2 is 1.76 bits per heavy atom. The van der Waals surface area contributed by atoms with Crippen molar-refractivity contribution in [1.29, 1.82) is 0 Å². The molecule has 6 nitrogen and oxygen atoms in total. The molecule has 0 unspecified atom stereocenters. The van der Waals surface area contributed by atoms with Gasteiger partial charge in [0.15, 0.2) is 6.29 Å². The third-order valence-electron chi connectivity index (χ3n) is 4.97. The SMILES string of the molecule is OC(O)c1ccnc(-c2cn(CCN3Cc4ccc(C(F)(F)F)cc4C3)cn2)c1. The Bertz CT molecular complexity index is 1020. The number of hydrogen-bond donors (Lipinski definition) is 2. The highest BCUT2D eigenvalue weighted by molar-refractivity contribution is 5.53. The minimum absolute atomic E-state index is 0.331. The molecule has 0 spiro atoms. The molecule has 29 heavy (non-hydrogen) atoms. The van der Waals surface area contributed by atoms with E-state index in [2.05, 4.69) is 14.9 Å². The lowest BCUT2D eigenvalue weighted by Gasteiger charge is -2.14. The van der Waals surface area contributed by atoms with Crippen LogP contribution in [0.4, 0.5) is 13.2 Å². The maximum atomic E-state index is 12.9. The highest BCUT2D eigenvalue weighted by Crippen LogP contribution is 2.33. The van der Waals surface area contributed by atoms with Gasteiger partial charge in [-0.1, -0.05) is 6.07 Å². The van der Waals surface area contributed by atoms with E-state index in [0.717, 1.165) is 17.2 Å². The molecule has 0 saturated carbocycles. The van der Waals surface area contributed by atoms with Gasteiger partial charge < -0.3 is 14.8 Å². The van der Waals surface area contributed by atoms with E-state index >= 15 is 0 Å². The van der Waals surface area contributed by atoms with Crippen molar-refractivity contribution in [1.82, 2.24) is 19.4 Å². The van der Waals surface area contributed by atoms with E-state index in [-0.39, 0.29) is 0 Å². The van der Waals surface area contributed by atoms with Crippen LogP contribution in [0, 0.1) is 0 Å². The van der Waals surface area contributed by atoms with Crippen molar-refractivity contribution in [2.24, 2.45) is 0 Å². The summed E-state index contributed by atoms with van der Waals surface area (Å²) in [5.74, 6) is 0. The average molecular weight is 404 g/mol. The molecule has 4 rings (SSSR count). The first-order chi connectivity index (χ1) is 13.8. The molecule has 0 fully saturated rings. The zero-order valence-electron chi connectivity index (χ0n) is 15.3. The number of rotatable bonds is 5. The van der Waals surface area contributed by atoms with Crippen LogP contribution in [-0.2, 0) is 25.8 Å². The van der Waals surface area contributed by atoms with Crippen molar-refractivity contribution in [2.75, 3.05) is 6.54 Å². The molecule has 0 radical (unpaired) electrons. The number of aliphatic hydroxyl groups is 2. The van der Waals surface area contributed by atoms with Gasteiger partial charge in [-0.05, 0) is 35.4 Å². The lowest BCUT2D eigenvalue weighted by Crippen LogP contribution is -2.21. The predicted molar refractivity (Wildman–Crippen MR) is 98.2 cm³/mol. The summed E-state index contributed by atoms with van der Waals surface area (Å²) >= 11 is 0. The fraction of sp³-hybridized carbons (Fsp3) is 0.300. The predicted octanol–water partition coefficient (Wildman–Crippen LogP) is 2.96. The van der Waals surface area contributed by atoms with Crippen molar-refractivity contribution in [3.63, 3.8) is 0 Å². The normalized spacial score (nSPS) is 14.6. The molecule has 1 aliphatic rings. The number of nitrogens with zero attached hydrogens (tertiary/aromatic N) is 4. The topological polar surface area (TPSA) is 74.4 Å². The number of hydrogen-bond acceptors (Lipinski definition) is 5. The quantitative estimate of drug-likeness (QED) is 0.640. The Labute approximate surface area is 164 Å². The number of benzene rings is 1. The molecule has 2 aromatic heterocycles. The molecule has 0 bridgehead atoms. The van der Waals surface area contributed by atoms with Gasteiger partial charge in [0, 0.05) is 44.1 Å². The second kappa shape index (κ2) is 7.58. The zero-order valence-corrected chi connectivity index (χ0v) is 15.3. The molecule has 1 aromatic carbocycles. The summed E-state index contributed by atoms with van der Waals surface area (Å²) in [6.45, 7) is 2.38. The molecular formula is C20H19F3N4O2. The summed E-state index contributed by atoms with van der Waals surface area (Å²) in [5.41, 5.74) is 2.50. The summed E-state index contributed by atoms with van der Waals surface area (Å²) < 4.78 is 40.5. The van der Waals surface area contributed by atoms with Gasteiger partial charge in [-0.15, -0.1) is 0 Å². The molecule has 0 saturated heterocycles. The average Bonchev–Trinajstić information content (AvgIpc) is 3.31. The highest BCUT2D eigenvalue weighted by Gasteiger charge is 2.32. The van der Waals surface area contributed by atoms with E-state index in [4.69, 9.17) is 0 Å². The van der Waals surface area contributed by atoms with Gasteiger partial charge in [-0.25, -0.2) is 4.98 Å². The summed E-state index contributed by atoms with van der Waals surface area (Å²) in [5, 5.41) is 18.6. The molecule has 0 amide bonds. The molecule has 152 valence electrons. The number of halogens is 3. The smallest absolute Gasteiger partial charge is 0.364 e. The third kappa shape index (κ3) is 4.31. The Hall–Kier alpha value is -2.75. The second-order valence-corrected chi connectivity index (χ2v) is 7.04. The van der Waals surface area contributed by atoms with Gasteiger partial charge >= 0.3 is 6.18 Å². The number of imidazole rings is 1. The molecule has 3 aromatic rings. The van der Waals surface area contributed by atoms with Gasteiger partial charge in [0.05, 0.1) is 17.6 Å². The maximum absolute atomic E-state index is 12.9. The Morgan fingerprint density at radius 3 is 2.52 bits per heavy atom. The molecule has 3 heterocycles. The van der Waals surface area contributed by atoms with Crippen LogP contribution in [0.2, 0.25) is 0 Å². The highest BCUT2D eigenvalue weighted by atomic mass is 19.4. The molecular weight excluding hydrogens is 385 g/mol. The Balaban J connectivity index is 1.39. The molecule has 0 atom stereocenters. The standard InChI is InChI=1S/C20H19F3N4O2/c21-20(22,23)16-2-1-14-9-26(10-15(14)7-16)5-6-27-11-18(25-12-27)17-8-13(19(28)29)3-4-24-17/h1-4,7-8,11-12,19,28-29H,5-6,9-10H2. The maximum Gasteiger partial charge on any atom is 0.416 e. The van der Waals surface area contributed by atoms with Crippen LogP contribution in [0.1, 0.15) is 28.5 Å². The number of pyridine rings is 1. The van der Waals surface area contributed by atoms with Crippen LogP contribution in [0.3, 0.4) is 0 Å². The fourth-order valence-electron chi connectivity index (χ4n) is 3.42. The summed E-state index contributed by atoms with van der Waals surface area (Å²) in [6.07, 6.45) is -0.953. The largest absolute Gasteiger partial charge is 0.416 e. The van der Waals surface area contributed by atoms with Gasteiger partial charge in [-0.3, -0.25) is 9.88 Å². The Kier molecular flexibility index (Phi) is 5.12. The third-order valence-corrected chi connectivity index (χ3v) is 4.97. The number of alkyl halides is 3. The second-order valence-electron chi connectivity index (χ2n) is 7.04. The van der Waals surface area contributed by atoms with E-state index in [9.17, 15) is 23.4 Å². The lowest BCUT2D eigenvalue weighted by molar-refractivity contribution is -0.137. The molecule has 1 aliphatic heterocycles. The van der Waals surface area contributed by atoms with Crippen LogP contribution in [0.5, 0.6) is 0 Å². The van der Waals surface area contributed by atoms with Gasteiger partial charge in [0.2, 0.25) is 0 Å². The first-order valence-corrected chi connectivity index (χ1v) is 9.05. The van der Waals surface area contributed by atoms with Crippen molar-refractivity contribution in [2.45, 2.75) is 32.1 Å².